The first-order valence-corrected chi connectivity index (χ1v) is 9.37. The van der Waals surface area contributed by atoms with Crippen LogP contribution in [0.2, 0.25) is 0 Å². The normalized spacial score (nSPS) is 11.8. The zero-order valence-corrected chi connectivity index (χ0v) is 17.8. The van der Waals surface area contributed by atoms with E-state index >= 15 is 0 Å². The highest BCUT2D eigenvalue weighted by Gasteiger charge is 2.51. The largest absolute Gasteiger partial charge is 0.425 e. The fraction of sp³-hybridized carbons (Fsp3) is 0.238. The van der Waals surface area contributed by atoms with Crippen LogP contribution in [0.3, 0.4) is 0 Å². The molecule has 0 aromatic heterocycles. The second-order valence-corrected chi connectivity index (χ2v) is 8.21. The summed E-state index contributed by atoms with van der Waals surface area (Å²) < 4.78 is -0.265. The summed E-state index contributed by atoms with van der Waals surface area (Å²) in [4.78, 5) is 26.1. The minimum absolute atomic E-state index is 0.133. The van der Waals surface area contributed by atoms with Crippen molar-refractivity contribution in [3.05, 3.63) is 72.4 Å². The summed E-state index contributed by atoms with van der Waals surface area (Å²) in [5.41, 5.74) is 1.38. The van der Waals surface area contributed by atoms with Gasteiger partial charge in [0.15, 0.2) is 0 Å². The van der Waals surface area contributed by atoms with Crippen molar-refractivity contribution in [2.24, 2.45) is 0 Å². The summed E-state index contributed by atoms with van der Waals surface area (Å²) in [6.45, 7) is 3.99. The summed E-state index contributed by atoms with van der Waals surface area (Å²) in [5.74, 6) is 0. The topological polar surface area (TPSA) is 58.2 Å². The third kappa shape index (κ3) is 4.75. The first-order valence-electron chi connectivity index (χ1n) is 8.87. The van der Waals surface area contributed by atoms with E-state index in [0.717, 1.165) is 0 Å². The Kier molecular flexibility index (Phi) is 6.55. The summed E-state index contributed by atoms with van der Waals surface area (Å²) >= 11 is 0. The molecule has 145 valence electrons. The number of carbonyl (C=O) groups is 2. The van der Waals surface area contributed by atoms with Gasteiger partial charge in [-0.15, -0.1) is 0 Å². The number of urea groups is 2. The van der Waals surface area contributed by atoms with E-state index < -0.39 is 6.17 Å². The molecule has 6 nitrogen and oxygen atoms in total. The number of likely N-dealkylation sites (N-methyl/N-ethyl adjacent to an activating group) is 2. The van der Waals surface area contributed by atoms with E-state index in [1.54, 1.807) is 28.2 Å². The minimum Gasteiger partial charge on any atom is -0.275 e. The van der Waals surface area contributed by atoms with Crippen molar-refractivity contribution in [2.75, 3.05) is 38.8 Å². The third-order valence-corrected chi connectivity index (χ3v) is 4.89. The molecule has 2 N–H and O–H groups in total. The number of carbonyl (C=O) groups excluding carboxylic acids is 2. The van der Waals surface area contributed by atoms with E-state index in [9.17, 15) is 9.59 Å². The van der Waals surface area contributed by atoms with Crippen LogP contribution >= 0.6 is 0 Å². The summed E-state index contributed by atoms with van der Waals surface area (Å²) in [7, 11) is 10.5. The van der Waals surface area contributed by atoms with Crippen LogP contribution in [0, 0.1) is 0 Å². The molecule has 7 heteroatoms. The van der Waals surface area contributed by atoms with Crippen LogP contribution in [0.5, 0.6) is 0 Å². The van der Waals surface area contributed by atoms with E-state index in [4.69, 9.17) is 0 Å². The van der Waals surface area contributed by atoms with Crippen molar-refractivity contribution < 1.29 is 18.6 Å². The predicted octanol–water partition coefficient (Wildman–Crippen LogP) is 3.61. The zero-order valence-electron chi connectivity index (χ0n) is 16.8. The Bertz CT molecular complexity index is 786. The molecule has 0 spiro atoms. The molecule has 3 radical (unpaired) electrons. The molecule has 2 aromatic carbocycles. The second kappa shape index (κ2) is 8.51. The number of hydrogen-bond donors (Lipinski definition) is 2. The Morgan fingerprint density at radius 3 is 1.39 bits per heavy atom. The van der Waals surface area contributed by atoms with Gasteiger partial charge in [0.1, 0.15) is 0 Å². The molecule has 2 aromatic rings. The van der Waals surface area contributed by atoms with Crippen LogP contribution in [0.4, 0.5) is 21.0 Å². The number of benzene rings is 2. The maximum atomic E-state index is 13.1. The second-order valence-electron chi connectivity index (χ2n) is 7.57. The molecule has 0 aliphatic heterocycles. The van der Waals surface area contributed by atoms with Crippen LogP contribution in [0.1, 0.15) is 0 Å². The number of anilines is 2. The first kappa shape index (κ1) is 21.6. The lowest BCUT2D eigenvalue weighted by molar-refractivity contribution is -1.02. The quantitative estimate of drug-likeness (QED) is 0.462. The molecule has 0 heterocycles. The van der Waals surface area contributed by atoms with E-state index in [1.807, 2.05) is 60.7 Å². The molecule has 0 fully saturated rings. The van der Waals surface area contributed by atoms with Gasteiger partial charge >= 0.3 is 12.1 Å². The monoisotopic (exact) mass is 395 g/mol. The van der Waals surface area contributed by atoms with Gasteiger partial charge in [0.2, 0.25) is 0 Å². The Morgan fingerprint density at radius 1 is 0.786 bits per heavy atom. The maximum absolute atomic E-state index is 13.1. The first-order chi connectivity index (χ1) is 13.1. The maximum Gasteiger partial charge on any atom is 0.425 e. The van der Waals surface area contributed by atoms with Crippen molar-refractivity contribution in [3.63, 3.8) is 0 Å². The van der Waals surface area contributed by atoms with Crippen molar-refractivity contribution in [1.82, 2.24) is 0 Å². The van der Waals surface area contributed by atoms with E-state index in [-0.39, 0.29) is 21.0 Å². The van der Waals surface area contributed by atoms with Crippen LogP contribution in [0.25, 0.3) is 0 Å². The molecule has 0 unspecified atom stereocenters. The van der Waals surface area contributed by atoms with E-state index in [1.165, 1.54) is 0 Å². The van der Waals surface area contributed by atoms with Gasteiger partial charge in [0.25, 0.3) is 6.17 Å². The average Bonchev–Trinajstić information content (AvgIpc) is 2.62. The Morgan fingerprint density at radius 2 is 1.11 bits per heavy atom. The number of quaternary nitrogens is 2. The Hall–Kier alpha value is -2.74. The van der Waals surface area contributed by atoms with Gasteiger partial charge in [0, 0.05) is 16.6 Å². The molecule has 2 rings (SSSR count). The van der Waals surface area contributed by atoms with Crippen LogP contribution in [-0.2, 0) is 0 Å². The molecule has 0 saturated carbocycles. The number of nitrogens with zero attached hydrogens (tertiary/aromatic N) is 2. The van der Waals surface area contributed by atoms with Gasteiger partial charge in [-0.05, 0) is 24.3 Å². The lowest BCUT2D eigenvalue weighted by Crippen LogP contribution is -2.70. The van der Waals surface area contributed by atoms with E-state index in [2.05, 4.69) is 27.5 Å². The molecule has 0 atom stereocenters. The van der Waals surface area contributed by atoms with Crippen LogP contribution in [0.15, 0.2) is 72.4 Å². The average molecular weight is 396 g/mol. The molecule has 0 aliphatic carbocycles. The van der Waals surface area contributed by atoms with Crippen LogP contribution in [-0.4, -0.2) is 65.6 Å². The molecule has 0 bridgehead atoms. The van der Waals surface area contributed by atoms with Gasteiger partial charge in [-0.2, -0.15) is 8.97 Å². The molecule has 28 heavy (non-hydrogen) atoms. The lowest BCUT2D eigenvalue weighted by Gasteiger charge is -2.43. The fourth-order valence-corrected chi connectivity index (χ4v) is 3.95. The fourth-order valence-electron chi connectivity index (χ4n) is 3.30. The summed E-state index contributed by atoms with van der Waals surface area (Å²) in [6, 6.07) is 17.9. The van der Waals surface area contributed by atoms with Gasteiger partial charge < -0.3 is 0 Å². The highest BCUT2D eigenvalue weighted by atomic mass is 28.1. The molecular formula is C21H27N4O2Si+2. The van der Waals surface area contributed by atoms with Crippen molar-refractivity contribution >= 4 is 33.7 Å². The molecular weight excluding hydrogens is 368 g/mol. The van der Waals surface area contributed by atoms with Gasteiger partial charge in [0.05, 0.1) is 38.4 Å². The molecule has 0 saturated heterocycles. The van der Waals surface area contributed by atoms with E-state index in [0.29, 0.717) is 16.6 Å². The zero-order chi connectivity index (χ0) is 20.9. The van der Waals surface area contributed by atoms with Gasteiger partial charge in [-0.3, -0.25) is 10.6 Å². The summed E-state index contributed by atoms with van der Waals surface area (Å²) in [6.07, 6.45) is -0.580. The SMILES string of the molecule is C=C([Si])C([N+](C)(C)C(=O)Nc1ccccc1)[N+](C)(C)C(=O)Nc1ccccc1. The van der Waals surface area contributed by atoms with Crippen molar-refractivity contribution in [3.8, 4) is 0 Å². The number of para-hydroxylation sites is 2. The Labute approximate surface area is 170 Å². The lowest BCUT2D eigenvalue weighted by atomic mass is 10.2. The highest BCUT2D eigenvalue weighted by Crippen LogP contribution is 2.25. The van der Waals surface area contributed by atoms with Crippen molar-refractivity contribution in [1.29, 1.82) is 0 Å². The smallest absolute Gasteiger partial charge is 0.275 e. The van der Waals surface area contributed by atoms with Gasteiger partial charge in [-0.1, -0.05) is 43.0 Å². The number of rotatable bonds is 5. The standard InChI is InChI=1S/C21H25N4O2Si/c1-16(28)19(24(2,3)20(26)22-17-12-8-6-9-13-17)25(4,5)21(27)23-18-14-10-7-11-15-18/h6-15,19H,1H2,2-5H3/p+2. The number of nitrogens with one attached hydrogen (secondary N) is 2. The minimum atomic E-state index is -0.580. The third-order valence-electron chi connectivity index (χ3n) is 4.63. The molecule has 0 aliphatic rings. The summed E-state index contributed by atoms with van der Waals surface area (Å²) in [5, 5.41) is 6.36. The highest BCUT2D eigenvalue weighted by molar-refractivity contribution is 6.21. The van der Waals surface area contributed by atoms with Gasteiger partial charge in [-0.25, -0.2) is 9.59 Å². The van der Waals surface area contributed by atoms with Crippen molar-refractivity contribution in [2.45, 2.75) is 6.17 Å². The van der Waals surface area contributed by atoms with Crippen LogP contribution < -0.4 is 10.6 Å². The predicted molar refractivity (Wildman–Crippen MR) is 114 cm³/mol. The number of hydrogen-bond acceptors (Lipinski definition) is 2. The Balaban J connectivity index is 2.29. The number of amides is 4. The molecule has 4 amide bonds.